The Balaban J connectivity index is 2.75. The Morgan fingerprint density at radius 2 is 1.84 bits per heavy atom. The van der Waals surface area contributed by atoms with Crippen LogP contribution in [0, 0.1) is 0 Å². The first kappa shape index (κ1) is 16.1. The second kappa shape index (κ2) is 6.49. The minimum Gasteiger partial charge on any atom is -0.371 e. The average molecular weight is 303 g/mol. The maximum atomic E-state index is 12.1. The topological polar surface area (TPSA) is 41.1 Å². The van der Waals surface area contributed by atoms with Crippen molar-refractivity contribution in [1.29, 1.82) is 0 Å². The Kier molecular flexibility index (Phi) is 5.50. The van der Waals surface area contributed by atoms with Gasteiger partial charge < -0.3 is 10.6 Å². The molecule has 3 nitrogen and oxygen atoms in total. The van der Waals surface area contributed by atoms with Crippen molar-refractivity contribution in [2.45, 2.75) is 45.7 Å². The Morgan fingerprint density at radius 1 is 1.32 bits per heavy atom. The average Bonchev–Trinajstić information content (AvgIpc) is 2.33. The van der Waals surface area contributed by atoms with E-state index in [4.69, 9.17) is 23.2 Å². The van der Waals surface area contributed by atoms with Crippen LogP contribution in [0.5, 0.6) is 0 Å². The van der Waals surface area contributed by atoms with Crippen LogP contribution in [0.1, 0.15) is 34.1 Å². The summed E-state index contributed by atoms with van der Waals surface area (Å²) in [7, 11) is 0. The molecule has 0 heterocycles. The van der Waals surface area contributed by atoms with Crippen molar-refractivity contribution in [3.05, 3.63) is 28.2 Å². The van der Waals surface area contributed by atoms with Gasteiger partial charge in [0.2, 0.25) is 5.91 Å². The SMILES string of the molecule is CCC(C)(C)NC(=O)C(C)Nc1c(Cl)cccc1Cl. The van der Waals surface area contributed by atoms with Crippen LogP contribution in [-0.4, -0.2) is 17.5 Å². The van der Waals surface area contributed by atoms with Gasteiger partial charge in [0, 0.05) is 5.54 Å². The molecule has 0 spiro atoms. The molecular formula is C14H20Cl2N2O. The van der Waals surface area contributed by atoms with Gasteiger partial charge in [0.25, 0.3) is 0 Å². The van der Waals surface area contributed by atoms with Crippen LogP contribution in [0.2, 0.25) is 10.0 Å². The van der Waals surface area contributed by atoms with Gasteiger partial charge in [0.05, 0.1) is 15.7 Å². The number of nitrogens with one attached hydrogen (secondary N) is 2. The van der Waals surface area contributed by atoms with Crippen molar-refractivity contribution >= 4 is 34.8 Å². The third-order valence-electron chi connectivity index (χ3n) is 3.06. The van der Waals surface area contributed by atoms with Crippen LogP contribution in [0.15, 0.2) is 18.2 Å². The molecule has 1 unspecified atom stereocenters. The van der Waals surface area contributed by atoms with Crippen LogP contribution in [0.3, 0.4) is 0 Å². The minimum absolute atomic E-state index is 0.0807. The molecule has 5 heteroatoms. The summed E-state index contributed by atoms with van der Waals surface area (Å²) in [4.78, 5) is 12.1. The van der Waals surface area contributed by atoms with E-state index in [1.54, 1.807) is 25.1 Å². The first-order valence-electron chi connectivity index (χ1n) is 6.29. The molecule has 1 atom stereocenters. The number of benzene rings is 1. The lowest BCUT2D eigenvalue weighted by molar-refractivity contribution is -0.123. The van der Waals surface area contributed by atoms with Crippen molar-refractivity contribution in [3.63, 3.8) is 0 Å². The van der Waals surface area contributed by atoms with E-state index < -0.39 is 6.04 Å². The second-order valence-corrected chi connectivity index (χ2v) is 6.00. The number of hydrogen-bond donors (Lipinski definition) is 2. The fraction of sp³-hybridized carbons (Fsp3) is 0.500. The van der Waals surface area contributed by atoms with Crippen LogP contribution in [0.25, 0.3) is 0 Å². The van der Waals surface area contributed by atoms with Crippen molar-refractivity contribution in [1.82, 2.24) is 5.32 Å². The number of amides is 1. The highest BCUT2D eigenvalue weighted by Crippen LogP contribution is 2.30. The smallest absolute Gasteiger partial charge is 0.242 e. The van der Waals surface area contributed by atoms with Crippen molar-refractivity contribution in [2.75, 3.05) is 5.32 Å². The maximum absolute atomic E-state index is 12.1. The van der Waals surface area contributed by atoms with Crippen molar-refractivity contribution in [3.8, 4) is 0 Å². The largest absolute Gasteiger partial charge is 0.371 e. The number of hydrogen-bond acceptors (Lipinski definition) is 2. The van der Waals surface area contributed by atoms with Crippen LogP contribution in [0.4, 0.5) is 5.69 Å². The summed E-state index contributed by atoms with van der Waals surface area (Å²) in [6.07, 6.45) is 0.859. The number of carbonyl (C=O) groups is 1. The quantitative estimate of drug-likeness (QED) is 0.860. The van der Waals surface area contributed by atoms with E-state index in [9.17, 15) is 4.79 Å². The molecule has 0 radical (unpaired) electrons. The van der Waals surface area contributed by atoms with Gasteiger partial charge in [-0.1, -0.05) is 36.2 Å². The number of anilines is 1. The molecule has 0 fully saturated rings. The van der Waals surface area contributed by atoms with Crippen molar-refractivity contribution < 1.29 is 4.79 Å². The standard InChI is InChI=1S/C14H20Cl2N2O/c1-5-14(3,4)18-13(19)9(2)17-12-10(15)7-6-8-11(12)16/h6-9,17H,5H2,1-4H3,(H,18,19). The maximum Gasteiger partial charge on any atom is 0.242 e. The van der Waals surface area contributed by atoms with Gasteiger partial charge in [0.15, 0.2) is 0 Å². The number of carbonyl (C=O) groups excluding carboxylic acids is 1. The molecule has 0 bridgehead atoms. The molecule has 19 heavy (non-hydrogen) atoms. The normalized spacial score (nSPS) is 12.9. The van der Waals surface area contributed by atoms with E-state index in [0.717, 1.165) is 6.42 Å². The Hall–Kier alpha value is -0.930. The molecule has 1 rings (SSSR count). The lowest BCUT2D eigenvalue weighted by Gasteiger charge is -2.27. The molecular weight excluding hydrogens is 283 g/mol. The molecule has 0 aliphatic heterocycles. The van der Waals surface area contributed by atoms with Gasteiger partial charge in [-0.15, -0.1) is 0 Å². The Labute approximate surface area is 124 Å². The molecule has 0 aliphatic rings. The molecule has 0 saturated carbocycles. The zero-order valence-corrected chi connectivity index (χ0v) is 13.2. The predicted molar refractivity (Wildman–Crippen MR) is 82.1 cm³/mol. The summed E-state index contributed by atoms with van der Waals surface area (Å²) in [6.45, 7) is 7.78. The third kappa shape index (κ3) is 4.59. The molecule has 0 aromatic heterocycles. The fourth-order valence-electron chi connectivity index (χ4n) is 1.45. The molecule has 2 N–H and O–H groups in total. The minimum atomic E-state index is -0.414. The highest BCUT2D eigenvalue weighted by Gasteiger charge is 2.22. The van der Waals surface area contributed by atoms with E-state index >= 15 is 0 Å². The summed E-state index contributed by atoms with van der Waals surface area (Å²) in [5, 5.41) is 7.03. The Morgan fingerprint density at radius 3 is 2.32 bits per heavy atom. The Bertz CT molecular complexity index is 441. The van der Waals surface area contributed by atoms with Crippen LogP contribution < -0.4 is 10.6 Å². The number of rotatable bonds is 5. The number of para-hydroxylation sites is 1. The molecule has 1 amide bonds. The van der Waals surface area contributed by atoms with Gasteiger partial charge in [-0.3, -0.25) is 4.79 Å². The molecule has 1 aromatic rings. The van der Waals surface area contributed by atoms with Gasteiger partial charge >= 0.3 is 0 Å². The number of halogens is 2. The highest BCUT2D eigenvalue weighted by molar-refractivity contribution is 6.39. The van der Waals surface area contributed by atoms with E-state index in [2.05, 4.69) is 10.6 Å². The summed E-state index contributed by atoms with van der Waals surface area (Å²) in [6, 6.07) is 4.82. The van der Waals surface area contributed by atoms with Gasteiger partial charge in [0.1, 0.15) is 6.04 Å². The monoisotopic (exact) mass is 302 g/mol. The first-order chi connectivity index (χ1) is 8.76. The lowest BCUT2D eigenvalue weighted by atomic mass is 10.0. The van der Waals surface area contributed by atoms with E-state index in [-0.39, 0.29) is 11.4 Å². The molecule has 0 aliphatic carbocycles. The van der Waals surface area contributed by atoms with E-state index in [1.807, 2.05) is 20.8 Å². The highest BCUT2D eigenvalue weighted by atomic mass is 35.5. The summed E-state index contributed by atoms with van der Waals surface area (Å²) in [5.41, 5.74) is 0.361. The van der Waals surface area contributed by atoms with Crippen LogP contribution in [-0.2, 0) is 4.79 Å². The van der Waals surface area contributed by atoms with Gasteiger partial charge in [-0.05, 0) is 39.3 Å². The lowest BCUT2D eigenvalue weighted by Crippen LogP contribution is -2.48. The zero-order valence-electron chi connectivity index (χ0n) is 11.7. The molecule has 106 valence electrons. The van der Waals surface area contributed by atoms with E-state index in [0.29, 0.717) is 15.7 Å². The summed E-state index contributed by atoms with van der Waals surface area (Å²) in [5.74, 6) is -0.0807. The predicted octanol–water partition coefficient (Wildman–Crippen LogP) is 4.10. The first-order valence-corrected chi connectivity index (χ1v) is 7.05. The van der Waals surface area contributed by atoms with Gasteiger partial charge in [-0.25, -0.2) is 0 Å². The van der Waals surface area contributed by atoms with Crippen LogP contribution >= 0.6 is 23.2 Å². The van der Waals surface area contributed by atoms with Crippen molar-refractivity contribution in [2.24, 2.45) is 0 Å². The molecule has 1 aromatic carbocycles. The van der Waals surface area contributed by atoms with E-state index in [1.165, 1.54) is 0 Å². The van der Waals surface area contributed by atoms with Gasteiger partial charge in [-0.2, -0.15) is 0 Å². The summed E-state index contributed by atoms with van der Waals surface area (Å²) < 4.78 is 0. The fourth-order valence-corrected chi connectivity index (χ4v) is 1.95. The molecule has 0 saturated heterocycles. The second-order valence-electron chi connectivity index (χ2n) is 5.19. The third-order valence-corrected chi connectivity index (χ3v) is 3.69. The zero-order chi connectivity index (χ0) is 14.6. The summed E-state index contributed by atoms with van der Waals surface area (Å²) >= 11 is 12.1.